The van der Waals surface area contributed by atoms with Crippen LogP contribution in [0.3, 0.4) is 0 Å². The highest BCUT2D eigenvalue weighted by atomic mass is 16.6. The Balaban J connectivity index is 2.35. The zero-order valence-corrected chi connectivity index (χ0v) is 19.2. The summed E-state index contributed by atoms with van der Waals surface area (Å²) >= 11 is 0. The summed E-state index contributed by atoms with van der Waals surface area (Å²) in [5, 5.41) is 15.5. The molecule has 30 heavy (non-hydrogen) atoms. The third kappa shape index (κ3) is 6.25. The maximum Gasteiger partial charge on any atom is 0.339 e. The minimum absolute atomic E-state index is 0.0712. The van der Waals surface area contributed by atoms with Crippen LogP contribution in [0.25, 0.3) is 0 Å². The van der Waals surface area contributed by atoms with Crippen molar-refractivity contribution in [2.45, 2.75) is 90.9 Å². The number of nitro benzene ring substituents is 1. The van der Waals surface area contributed by atoms with Gasteiger partial charge in [0, 0.05) is 22.7 Å². The highest BCUT2D eigenvalue weighted by molar-refractivity contribution is 5.78. The van der Waals surface area contributed by atoms with Crippen molar-refractivity contribution in [1.29, 1.82) is 0 Å². The van der Waals surface area contributed by atoms with E-state index in [1.165, 1.54) is 39.2 Å². The first-order chi connectivity index (χ1) is 14.0. The highest BCUT2D eigenvalue weighted by Crippen LogP contribution is 2.36. The van der Waals surface area contributed by atoms with E-state index < -0.39 is 17.7 Å². The van der Waals surface area contributed by atoms with E-state index >= 15 is 0 Å². The van der Waals surface area contributed by atoms with Crippen LogP contribution in [0.2, 0.25) is 0 Å². The predicted molar refractivity (Wildman–Crippen MR) is 117 cm³/mol. The molecule has 1 aromatic rings. The maximum absolute atomic E-state index is 12.4. The molecule has 0 heterocycles. The molecular formula is C23H36N2O5. The molecular weight excluding hydrogens is 384 g/mol. The zero-order valence-electron chi connectivity index (χ0n) is 19.2. The van der Waals surface area contributed by atoms with Crippen LogP contribution in [0, 0.1) is 24.0 Å². The number of esters is 1. The Morgan fingerprint density at radius 1 is 1.27 bits per heavy atom. The fourth-order valence-corrected chi connectivity index (χ4v) is 4.22. The lowest BCUT2D eigenvalue weighted by Crippen LogP contribution is -2.32. The number of benzene rings is 1. The van der Waals surface area contributed by atoms with E-state index in [-0.39, 0.29) is 10.6 Å². The van der Waals surface area contributed by atoms with Crippen LogP contribution in [-0.4, -0.2) is 36.2 Å². The van der Waals surface area contributed by atoms with Gasteiger partial charge in [0.2, 0.25) is 0 Å². The van der Waals surface area contributed by atoms with Crippen molar-refractivity contribution in [2.75, 3.05) is 13.7 Å². The summed E-state index contributed by atoms with van der Waals surface area (Å²) in [5.41, 5.74) is 1.91. The predicted octanol–water partition coefficient (Wildman–Crippen LogP) is 4.71. The molecule has 2 rings (SSSR count). The molecule has 1 fully saturated rings. The summed E-state index contributed by atoms with van der Waals surface area (Å²) < 4.78 is 10.9. The number of ether oxygens (including phenoxy) is 2. The number of nitrogens with one attached hydrogen (secondary N) is 1. The molecule has 168 valence electrons. The number of aryl methyl sites for hydroxylation is 1. The normalized spacial score (nSPS) is 16.3. The SMILES string of the molecule is COC(=O)[C@@H](OC(C)(C)C)c1cc(C)c(CCNC2CCCCC2)c([N+](=O)[O-])c1C. The first-order valence-electron chi connectivity index (χ1n) is 10.8. The fraction of sp³-hybridized carbons (Fsp3) is 0.696. The first kappa shape index (κ1) is 24.3. The Morgan fingerprint density at radius 2 is 1.90 bits per heavy atom. The van der Waals surface area contributed by atoms with E-state index in [4.69, 9.17) is 9.47 Å². The van der Waals surface area contributed by atoms with Crippen LogP contribution in [0.4, 0.5) is 5.69 Å². The third-order valence-electron chi connectivity index (χ3n) is 5.69. The van der Waals surface area contributed by atoms with E-state index in [0.29, 0.717) is 35.7 Å². The summed E-state index contributed by atoms with van der Waals surface area (Å²) in [6, 6.07) is 2.34. The molecule has 7 nitrogen and oxygen atoms in total. The first-order valence-corrected chi connectivity index (χ1v) is 10.8. The smallest absolute Gasteiger partial charge is 0.339 e. The van der Waals surface area contributed by atoms with Gasteiger partial charge in [-0.2, -0.15) is 0 Å². The minimum Gasteiger partial charge on any atom is -0.467 e. The van der Waals surface area contributed by atoms with Gasteiger partial charge in [-0.1, -0.05) is 25.3 Å². The molecule has 1 aliphatic carbocycles. The molecule has 1 N–H and O–H groups in total. The fourth-order valence-electron chi connectivity index (χ4n) is 4.22. The van der Waals surface area contributed by atoms with E-state index in [2.05, 4.69) is 5.32 Å². The Bertz CT molecular complexity index is 764. The Hall–Kier alpha value is -1.99. The number of carbonyl (C=O) groups excluding carboxylic acids is 1. The Kier molecular flexibility index (Phi) is 8.38. The van der Waals surface area contributed by atoms with Crippen molar-refractivity contribution in [3.8, 4) is 0 Å². The van der Waals surface area contributed by atoms with Gasteiger partial charge in [-0.05, 0) is 66.0 Å². The lowest BCUT2D eigenvalue weighted by Gasteiger charge is -2.28. The quantitative estimate of drug-likeness (QED) is 0.372. The Morgan fingerprint density at radius 3 is 2.43 bits per heavy atom. The number of rotatable bonds is 8. The molecule has 0 saturated heterocycles. The van der Waals surface area contributed by atoms with Gasteiger partial charge in [0.1, 0.15) is 0 Å². The van der Waals surface area contributed by atoms with Crippen LogP contribution in [0.1, 0.15) is 81.2 Å². The average molecular weight is 421 g/mol. The summed E-state index contributed by atoms with van der Waals surface area (Å²) in [6.07, 6.45) is 5.68. The van der Waals surface area contributed by atoms with E-state index in [9.17, 15) is 14.9 Å². The Labute approximate surface area is 179 Å². The number of nitro groups is 1. The van der Waals surface area contributed by atoms with Gasteiger partial charge in [-0.25, -0.2) is 4.79 Å². The van der Waals surface area contributed by atoms with Crippen molar-refractivity contribution >= 4 is 11.7 Å². The van der Waals surface area contributed by atoms with Crippen LogP contribution < -0.4 is 5.32 Å². The second-order valence-electron chi connectivity index (χ2n) is 9.16. The molecule has 0 unspecified atom stereocenters. The van der Waals surface area contributed by atoms with Crippen molar-refractivity contribution in [1.82, 2.24) is 5.32 Å². The van der Waals surface area contributed by atoms with E-state index in [1.54, 1.807) is 6.92 Å². The summed E-state index contributed by atoms with van der Waals surface area (Å²) in [7, 11) is 1.29. The molecule has 7 heteroatoms. The van der Waals surface area contributed by atoms with E-state index in [0.717, 1.165) is 5.56 Å². The molecule has 0 aliphatic heterocycles. The summed E-state index contributed by atoms with van der Waals surface area (Å²) in [5.74, 6) is -0.562. The van der Waals surface area contributed by atoms with Gasteiger partial charge in [0.15, 0.2) is 6.10 Å². The van der Waals surface area contributed by atoms with Gasteiger partial charge in [0.05, 0.1) is 17.6 Å². The average Bonchev–Trinajstić information content (AvgIpc) is 2.67. The molecule has 0 aromatic heterocycles. The molecule has 1 aliphatic rings. The largest absolute Gasteiger partial charge is 0.467 e. The van der Waals surface area contributed by atoms with Crippen molar-refractivity contribution in [3.05, 3.63) is 38.4 Å². The second-order valence-corrected chi connectivity index (χ2v) is 9.16. The summed E-state index contributed by atoms with van der Waals surface area (Å²) in [6.45, 7) is 9.76. The van der Waals surface area contributed by atoms with Crippen molar-refractivity contribution < 1.29 is 19.2 Å². The van der Waals surface area contributed by atoms with Gasteiger partial charge in [-0.15, -0.1) is 0 Å². The molecule has 0 spiro atoms. The van der Waals surface area contributed by atoms with Gasteiger partial charge in [-0.3, -0.25) is 10.1 Å². The molecule has 1 saturated carbocycles. The molecule has 0 amide bonds. The number of hydrogen-bond acceptors (Lipinski definition) is 6. The summed E-state index contributed by atoms with van der Waals surface area (Å²) in [4.78, 5) is 24.1. The van der Waals surface area contributed by atoms with Crippen LogP contribution in [0.5, 0.6) is 0 Å². The van der Waals surface area contributed by atoms with Gasteiger partial charge < -0.3 is 14.8 Å². The number of nitrogens with zero attached hydrogens (tertiary/aromatic N) is 1. The third-order valence-corrected chi connectivity index (χ3v) is 5.69. The standard InChI is InChI=1S/C23H36N2O5/c1-15-14-19(21(22(26)29-6)30-23(3,4)5)16(2)20(25(27)28)18(15)12-13-24-17-10-8-7-9-11-17/h14,17,21,24H,7-13H2,1-6H3/t21-/m0/s1. The van der Waals surface area contributed by atoms with Crippen LogP contribution >= 0.6 is 0 Å². The number of methoxy groups -OCH3 is 1. The van der Waals surface area contributed by atoms with Crippen LogP contribution in [-0.2, 0) is 20.7 Å². The molecule has 0 bridgehead atoms. The topological polar surface area (TPSA) is 90.7 Å². The lowest BCUT2D eigenvalue weighted by atomic mass is 9.91. The highest BCUT2D eigenvalue weighted by Gasteiger charge is 2.33. The van der Waals surface area contributed by atoms with Gasteiger partial charge in [0.25, 0.3) is 5.69 Å². The maximum atomic E-state index is 12.4. The van der Waals surface area contributed by atoms with Crippen molar-refractivity contribution in [3.63, 3.8) is 0 Å². The molecule has 1 atom stereocenters. The van der Waals surface area contributed by atoms with Crippen molar-refractivity contribution in [2.24, 2.45) is 0 Å². The number of hydrogen-bond donors (Lipinski definition) is 1. The van der Waals surface area contributed by atoms with E-state index in [1.807, 2.05) is 33.8 Å². The molecule has 0 radical (unpaired) electrons. The lowest BCUT2D eigenvalue weighted by molar-refractivity contribution is -0.386. The molecule has 1 aromatic carbocycles. The zero-order chi connectivity index (χ0) is 22.5. The monoisotopic (exact) mass is 420 g/mol. The minimum atomic E-state index is -1.01. The van der Waals surface area contributed by atoms with Crippen LogP contribution in [0.15, 0.2) is 6.07 Å². The van der Waals surface area contributed by atoms with Gasteiger partial charge >= 0.3 is 5.97 Å². The second kappa shape index (κ2) is 10.4. The number of carbonyl (C=O) groups is 1.